The summed E-state index contributed by atoms with van der Waals surface area (Å²) in [7, 11) is 1.50. The van der Waals surface area contributed by atoms with E-state index in [2.05, 4.69) is 19.6 Å². The molecule has 0 rings (SSSR count). The zero-order chi connectivity index (χ0) is 9.54. The molecule has 2 N–H and O–H groups in total. The highest BCUT2D eigenvalue weighted by atomic mass is 14.4. The summed E-state index contributed by atoms with van der Waals surface area (Å²) in [4.78, 5) is 0. The third-order valence-electron chi connectivity index (χ3n) is 1.21. The van der Waals surface area contributed by atoms with Gasteiger partial charge in [0.25, 0.3) is 0 Å². The predicted molar refractivity (Wildman–Crippen MR) is 55.9 cm³/mol. The van der Waals surface area contributed by atoms with E-state index in [1.165, 1.54) is 39.2 Å². The van der Waals surface area contributed by atoms with E-state index in [1.807, 2.05) is 13.8 Å². The van der Waals surface area contributed by atoms with Crippen molar-refractivity contribution >= 4 is 0 Å². The van der Waals surface area contributed by atoms with Crippen LogP contribution in [0.1, 0.15) is 59.8 Å². The van der Waals surface area contributed by atoms with Gasteiger partial charge < -0.3 is 5.73 Å². The van der Waals surface area contributed by atoms with Crippen molar-refractivity contribution in [2.45, 2.75) is 59.8 Å². The molecule has 0 aliphatic heterocycles. The van der Waals surface area contributed by atoms with Crippen LogP contribution in [0.5, 0.6) is 0 Å². The Morgan fingerprint density at radius 1 is 0.727 bits per heavy atom. The minimum Gasteiger partial charge on any atom is -0.333 e. The molecule has 0 aliphatic rings. The fourth-order valence-corrected chi connectivity index (χ4v) is 0.677. The van der Waals surface area contributed by atoms with Gasteiger partial charge >= 0.3 is 0 Å². The summed E-state index contributed by atoms with van der Waals surface area (Å²) in [6, 6.07) is 0. The van der Waals surface area contributed by atoms with Crippen molar-refractivity contribution in [2.75, 3.05) is 7.05 Å². The largest absolute Gasteiger partial charge is 0.333 e. The molecule has 0 aromatic heterocycles. The lowest BCUT2D eigenvalue weighted by atomic mass is 10.2. The summed E-state index contributed by atoms with van der Waals surface area (Å²) < 4.78 is 0. The maximum atomic E-state index is 4.50. The van der Waals surface area contributed by atoms with E-state index >= 15 is 0 Å². The molecule has 0 saturated heterocycles. The van der Waals surface area contributed by atoms with Gasteiger partial charge in [-0.3, -0.25) is 0 Å². The van der Waals surface area contributed by atoms with Crippen LogP contribution in [0.2, 0.25) is 0 Å². The Morgan fingerprint density at radius 3 is 1.18 bits per heavy atom. The number of unbranched alkanes of at least 4 members (excludes halogenated alkanes) is 4. The average molecular weight is 161 g/mol. The molecule has 0 saturated carbocycles. The monoisotopic (exact) mass is 161 g/mol. The third-order valence-corrected chi connectivity index (χ3v) is 1.21. The Morgan fingerprint density at radius 2 is 1.00 bits per heavy atom. The SMILES string of the molecule is CC.CCCCCCC.CN. The van der Waals surface area contributed by atoms with Gasteiger partial charge in [-0.2, -0.15) is 0 Å². The summed E-state index contributed by atoms with van der Waals surface area (Å²) in [6.45, 7) is 8.49. The first-order chi connectivity index (χ1) is 5.41. The molecule has 0 aromatic carbocycles. The maximum absolute atomic E-state index is 4.50. The first kappa shape index (κ1) is 17.2. The van der Waals surface area contributed by atoms with Crippen LogP contribution in [0.25, 0.3) is 0 Å². The molecule has 0 radical (unpaired) electrons. The standard InChI is InChI=1S/C7H16.C2H6.CH5N/c1-3-5-7-6-4-2;2*1-2/h3-7H2,1-2H3;1-2H3;2H2,1H3. The Bertz CT molecular complexity index is 24.1. The van der Waals surface area contributed by atoms with E-state index < -0.39 is 0 Å². The molecule has 0 atom stereocenters. The first-order valence-corrected chi connectivity index (χ1v) is 4.99. The first-order valence-electron chi connectivity index (χ1n) is 4.99. The molecule has 0 unspecified atom stereocenters. The molecule has 0 fully saturated rings. The zero-order valence-corrected chi connectivity index (χ0v) is 9.11. The lowest BCUT2D eigenvalue weighted by Gasteiger charge is -1.90. The third kappa shape index (κ3) is 40.2. The predicted octanol–water partition coefficient (Wildman–Crippen LogP) is 3.58. The minimum atomic E-state index is 1.36. The van der Waals surface area contributed by atoms with E-state index in [0.29, 0.717) is 0 Å². The Kier molecular flexibility index (Phi) is 50.7. The van der Waals surface area contributed by atoms with Crippen LogP contribution >= 0.6 is 0 Å². The molecular formula is C10H27N. The summed E-state index contributed by atoms with van der Waals surface area (Å²) in [5.74, 6) is 0. The molecular weight excluding hydrogens is 134 g/mol. The second-order valence-electron chi connectivity index (χ2n) is 2.06. The summed E-state index contributed by atoms with van der Waals surface area (Å²) in [5, 5.41) is 0. The van der Waals surface area contributed by atoms with E-state index in [4.69, 9.17) is 0 Å². The highest BCUT2D eigenvalue weighted by Gasteiger charge is 1.80. The molecule has 0 amide bonds. The fraction of sp³-hybridized carbons (Fsp3) is 1.00. The topological polar surface area (TPSA) is 26.0 Å². The summed E-state index contributed by atoms with van der Waals surface area (Å²) >= 11 is 0. The van der Waals surface area contributed by atoms with Gasteiger partial charge in [-0.05, 0) is 7.05 Å². The van der Waals surface area contributed by atoms with Gasteiger partial charge in [0, 0.05) is 0 Å². The van der Waals surface area contributed by atoms with Crippen molar-refractivity contribution in [1.29, 1.82) is 0 Å². The molecule has 1 heteroatoms. The van der Waals surface area contributed by atoms with Crippen LogP contribution in [0, 0.1) is 0 Å². The smallest absolute Gasteiger partial charge is 0.0195 e. The maximum Gasteiger partial charge on any atom is -0.0195 e. The lowest BCUT2D eigenvalue weighted by molar-refractivity contribution is 0.656. The van der Waals surface area contributed by atoms with Crippen molar-refractivity contribution in [1.82, 2.24) is 0 Å². The second kappa shape index (κ2) is 32.5. The Labute approximate surface area is 73.4 Å². The Hall–Kier alpha value is -0.0400. The highest BCUT2D eigenvalue weighted by molar-refractivity contribution is 4.35. The van der Waals surface area contributed by atoms with Gasteiger partial charge in [-0.1, -0.05) is 59.8 Å². The average Bonchev–Trinajstić information content (AvgIpc) is 2.13. The lowest BCUT2D eigenvalue weighted by Crippen LogP contribution is -1.70. The molecule has 1 nitrogen and oxygen atoms in total. The van der Waals surface area contributed by atoms with Gasteiger partial charge in [0.15, 0.2) is 0 Å². The molecule has 11 heavy (non-hydrogen) atoms. The molecule has 0 aliphatic carbocycles. The van der Waals surface area contributed by atoms with Crippen LogP contribution < -0.4 is 5.73 Å². The fourth-order valence-electron chi connectivity index (χ4n) is 0.677. The van der Waals surface area contributed by atoms with Gasteiger partial charge in [0.2, 0.25) is 0 Å². The molecule has 72 valence electrons. The Balaban J connectivity index is -0.000000138. The van der Waals surface area contributed by atoms with E-state index in [9.17, 15) is 0 Å². The van der Waals surface area contributed by atoms with Gasteiger partial charge in [-0.25, -0.2) is 0 Å². The van der Waals surface area contributed by atoms with Crippen LogP contribution in [0.15, 0.2) is 0 Å². The van der Waals surface area contributed by atoms with E-state index in [-0.39, 0.29) is 0 Å². The van der Waals surface area contributed by atoms with Crippen molar-refractivity contribution in [3.63, 3.8) is 0 Å². The molecule has 0 heterocycles. The highest BCUT2D eigenvalue weighted by Crippen LogP contribution is 2.00. The quantitative estimate of drug-likeness (QED) is 0.627. The normalized spacial score (nSPS) is 7.09. The van der Waals surface area contributed by atoms with Crippen molar-refractivity contribution in [3.05, 3.63) is 0 Å². The van der Waals surface area contributed by atoms with E-state index in [0.717, 1.165) is 0 Å². The molecule has 0 spiro atoms. The zero-order valence-electron chi connectivity index (χ0n) is 9.11. The van der Waals surface area contributed by atoms with Crippen molar-refractivity contribution < 1.29 is 0 Å². The van der Waals surface area contributed by atoms with Gasteiger partial charge in [0.1, 0.15) is 0 Å². The van der Waals surface area contributed by atoms with E-state index in [1.54, 1.807) is 0 Å². The van der Waals surface area contributed by atoms with Gasteiger partial charge in [-0.15, -0.1) is 0 Å². The number of hydrogen-bond donors (Lipinski definition) is 1. The van der Waals surface area contributed by atoms with Crippen LogP contribution in [-0.2, 0) is 0 Å². The van der Waals surface area contributed by atoms with Gasteiger partial charge in [0.05, 0.1) is 0 Å². The number of rotatable bonds is 4. The van der Waals surface area contributed by atoms with Crippen LogP contribution in [-0.4, -0.2) is 7.05 Å². The second-order valence-corrected chi connectivity index (χ2v) is 2.06. The summed E-state index contributed by atoms with van der Waals surface area (Å²) in [6.07, 6.45) is 7.01. The number of nitrogens with two attached hydrogens (primary N) is 1. The minimum absolute atomic E-state index is 1.36. The van der Waals surface area contributed by atoms with Crippen LogP contribution in [0.4, 0.5) is 0 Å². The van der Waals surface area contributed by atoms with Crippen molar-refractivity contribution in [2.24, 2.45) is 5.73 Å². The molecule has 0 bridgehead atoms. The number of hydrogen-bond acceptors (Lipinski definition) is 1. The summed E-state index contributed by atoms with van der Waals surface area (Å²) in [5.41, 5.74) is 4.50. The van der Waals surface area contributed by atoms with Crippen LogP contribution in [0.3, 0.4) is 0 Å². The molecule has 0 aromatic rings. The van der Waals surface area contributed by atoms with Crippen molar-refractivity contribution in [3.8, 4) is 0 Å².